The number of thiophene rings is 1. The van der Waals surface area contributed by atoms with Crippen molar-refractivity contribution in [2.75, 3.05) is 26.2 Å². The van der Waals surface area contributed by atoms with Crippen LogP contribution in [0.5, 0.6) is 0 Å². The molecular weight excluding hydrogens is 505 g/mol. The molecule has 194 valence electrons. The highest BCUT2D eigenvalue weighted by Gasteiger charge is 2.28. The lowest BCUT2D eigenvalue weighted by atomic mass is 10.1. The van der Waals surface area contributed by atoms with Crippen LogP contribution in [-0.2, 0) is 6.54 Å². The van der Waals surface area contributed by atoms with Crippen LogP contribution in [0.25, 0.3) is 27.9 Å². The normalized spacial score (nSPS) is 14.5. The van der Waals surface area contributed by atoms with E-state index < -0.39 is 18.6 Å². The van der Waals surface area contributed by atoms with Gasteiger partial charge in [-0.15, -0.1) is 11.3 Å². The third kappa shape index (κ3) is 5.91. The van der Waals surface area contributed by atoms with E-state index in [1.807, 2.05) is 11.4 Å². The fourth-order valence-electron chi connectivity index (χ4n) is 4.43. The van der Waals surface area contributed by atoms with E-state index in [1.54, 1.807) is 45.3 Å². The number of pyridine rings is 1. The van der Waals surface area contributed by atoms with Crippen LogP contribution in [0, 0.1) is 0 Å². The zero-order valence-corrected chi connectivity index (χ0v) is 20.7. The van der Waals surface area contributed by atoms with E-state index in [2.05, 4.69) is 15.0 Å². The number of halogens is 3. The van der Waals surface area contributed by atoms with Crippen LogP contribution >= 0.6 is 11.3 Å². The summed E-state index contributed by atoms with van der Waals surface area (Å²) in [6, 6.07) is 5.00. The molecule has 1 aliphatic heterocycles. The van der Waals surface area contributed by atoms with Crippen molar-refractivity contribution in [1.82, 2.24) is 29.4 Å². The molecule has 0 aliphatic carbocycles. The van der Waals surface area contributed by atoms with Crippen LogP contribution < -0.4 is 10.9 Å². The monoisotopic (exact) mass is 530 g/mol. The van der Waals surface area contributed by atoms with Gasteiger partial charge in [0.2, 0.25) is 0 Å². The number of likely N-dealkylation sites (tertiary alicyclic amines) is 1. The highest BCUT2D eigenvalue weighted by Crippen LogP contribution is 2.29. The average molecular weight is 531 g/mol. The Morgan fingerprint density at radius 3 is 2.65 bits per heavy atom. The number of rotatable bonds is 8. The third-order valence-corrected chi connectivity index (χ3v) is 7.27. The predicted octanol–water partition coefficient (Wildman–Crippen LogP) is 4.06. The molecule has 37 heavy (non-hydrogen) atoms. The van der Waals surface area contributed by atoms with Gasteiger partial charge in [-0.3, -0.25) is 9.59 Å². The minimum Gasteiger partial charge on any atom is -0.342 e. The smallest absolute Gasteiger partial charge is 0.342 e. The molecule has 5 heterocycles. The van der Waals surface area contributed by atoms with Crippen molar-refractivity contribution in [2.45, 2.75) is 32.0 Å². The van der Waals surface area contributed by atoms with Gasteiger partial charge in [0.15, 0.2) is 5.65 Å². The quantitative estimate of drug-likeness (QED) is 0.372. The van der Waals surface area contributed by atoms with E-state index in [-0.39, 0.29) is 10.4 Å². The molecule has 1 aliphatic rings. The maximum atomic E-state index is 12.7. The Morgan fingerprint density at radius 2 is 1.89 bits per heavy atom. The summed E-state index contributed by atoms with van der Waals surface area (Å²) in [7, 11) is 0. The van der Waals surface area contributed by atoms with E-state index in [9.17, 15) is 22.8 Å². The standard InChI is InChI=1S/C25H25F3N6O2S/c26-25(27,28)16-30-24(36)21-10-18(15-37-21)20-13-31-34-14-19(12-29-23(20)34)17-4-9-33(22(35)11-17)8-3-7-32-5-1-2-6-32/h4,9-15H,1-3,5-8,16H2,(H,30,36). The fourth-order valence-corrected chi connectivity index (χ4v) is 5.26. The largest absolute Gasteiger partial charge is 0.405 e. The fraction of sp³-hybridized carbons (Fsp3) is 0.360. The SMILES string of the molecule is O=C(NCC(F)(F)F)c1cc(-c2cnn3cc(-c4ccn(CCCN5CCCC5)c(=O)c4)cnc23)cs1. The van der Waals surface area contributed by atoms with Gasteiger partial charge in [0.05, 0.1) is 11.1 Å². The number of aromatic nitrogens is 4. The summed E-state index contributed by atoms with van der Waals surface area (Å²) >= 11 is 1.05. The molecule has 0 atom stereocenters. The first-order chi connectivity index (χ1) is 17.8. The molecule has 0 bridgehead atoms. The van der Waals surface area contributed by atoms with Crippen molar-refractivity contribution in [3.05, 3.63) is 63.6 Å². The van der Waals surface area contributed by atoms with Gasteiger partial charge in [0, 0.05) is 42.3 Å². The third-order valence-electron chi connectivity index (χ3n) is 6.34. The highest BCUT2D eigenvalue weighted by molar-refractivity contribution is 7.12. The number of nitrogens with zero attached hydrogens (tertiary/aromatic N) is 5. The molecule has 4 aromatic rings. The molecule has 0 unspecified atom stereocenters. The first-order valence-electron chi connectivity index (χ1n) is 12.0. The molecule has 1 fully saturated rings. The highest BCUT2D eigenvalue weighted by atomic mass is 32.1. The summed E-state index contributed by atoms with van der Waals surface area (Å²) < 4.78 is 40.4. The summed E-state index contributed by atoms with van der Waals surface area (Å²) in [5, 5.41) is 7.90. The molecule has 4 aromatic heterocycles. The van der Waals surface area contributed by atoms with E-state index >= 15 is 0 Å². The van der Waals surface area contributed by atoms with Crippen molar-refractivity contribution >= 4 is 22.9 Å². The van der Waals surface area contributed by atoms with E-state index in [0.29, 0.717) is 23.3 Å². The Bertz CT molecular complexity index is 1470. The number of carbonyl (C=O) groups is 1. The Balaban J connectivity index is 1.29. The second kappa shape index (κ2) is 10.5. The van der Waals surface area contributed by atoms with Crippen molar-refractivity contribution in [3.8, 4) is 22.3 Å². The number of nitrogens with one attached hydrogen (secondary N) is 1. The molecule has 5 rings (SSSR count). The molecule has 1 N–H and O–H groups in total. The maximum absolute atomic E-state index is 12.7. The molecule has 0 saturated carbocycles. The zero-order chi connectivity index (χ0) is 26.0. The summed E-state index contributed by atoms with van der Waals surface area (Å²) in [5.41, 5.74) is 3.18. The van der Waals surface area contributed by atoms with Gasteiger partial charge in [-0.25, -0.2) is 9.50 Å². The minimum absolute atomic E-state index is 0.0743. The number of fused-ring (bicyclic) bond motifs is 1. The van der Waals surface area contributed by atoms with Crippen LogP contribution in [0.1, 0.15) is 28.9 Å². The summed E-state index contributed by atoms with van der Waals surface area (Å²) in [6.45, 7) is 2.57. The molecule has 1 amide bonds. The molecule has 12 heteroatoms. The first-order valence-corrected chi connectivity index (χ1v) is 12.9. The van der Waals surface area contributed by atoms with Gasteiger partial charge in [0.1, 0.15) is 6.54 Å². The van der Waals surface area contributed by atoms with Crippen LogP contribution in [0.2, 0.25) is 0 Å². The average Bonchev–Trinajstić information content (AvgIpc) is 3.63. The second-order valence-electron chi connectivity index (χ2n) is 9.02. The number of amides is 1. The Kier molecular flexibility index (Phi) is 7.11. The lowest BCUT2D eigenvalue weighted by Crippen LogP contribution is -2.33. The van der Waals surface area contributed by atoms with E-state index in [1.165, 1.54) is 18.9 Å². The van der Waals surface area contributed by atoms with Crippen molar-refractivity contribution in [2.24, 2.45) is 0 Å². The van der Waals surface area contributed by atoms with Gasteiger partial charge < -0.3 is 14.8 Å². The van der Waals surface area contributed by atoms with Crippen LogP contribution in [0.4, 0.5) is 13.2 Å². The van der Waals surface area contributed by atoms with E-state index in [0.717, 1.165) is 48.5 Å². The zero-order valence-electron chi connectivity index (χ0n) is 19.9. The number of aryl methyl sites for hydroxylation is 1. The summed E-state index contributed by atoms with van der Waals surface area (Å²) in [4.78, 5) is 31.8. The Morgan fingerprint density at radius 1 is 1.08 bits per heavy atom. The maximum Gasteiger partial charge on any atom is 0.405 e. The summed E-state index contributed by atoms with van der Waals surface area (Å²) in [6.07, 6.45) is 5.76. The topological polar surface area (TPSA) is 84.5 Å². The minimum atomic E-state index is -4.47. The van der Waals surface area contributed by atoms with Gasteiger partial charge in [-0.05, 0) is 67.5 Å². The van der Waals surface area contributed by atoms with Gasteiger partial charge in [-0.2, -0.15) is 18.3 Å². The van der Waals surface area contributed by atoms with E-state index in [4.69, 9.17) is 0 Å². The molecule has 8 nitrogen and oxygen atoms in total. The number of hydrogen-bond donors (Lipinski definition) is 1. The number of carbonyl (C=O) groups excluding carboxylic acids is 1. The molecular formula is C25H25F3N6O2S. The predicted molar refractivity (Wildman–Crippen MR) is 135 cm³/mol. The first kappa shape index (κ1) is 25.2. The van der Waals surface area contributed by atoms with Crippen molar-refractivity contribution in [3.63, 3.8) is 0 Å². The Labute approximate surface area is 214 Å². The van der Waals surface area contributed by atoms with Crippen molar-refractivity contribution in [1.29, 1.82) is 0 Å². The van der Waals surface area contributed by atoms with Crippen LogP contribution in [-0.4, -0.2) is 62.3 Å². The number of hydrogen-bond acceptors (Lipinski definition) is 6. The molecule has 1 saturated heterocycles. The second-order valence-corrected chi connectivity index (χ2v) is 9.93. The van der Waals surface area contributed by atoms with Gasteiger partial charge in [-0.1, -0.05) is 0 Å². The lowest BCUT2D eigenvalue weighted by Gasteiger charge is -2.14. The molecule has 0 radical (unpaired) electrons. The van der Waals surface area contributed by atoms with Crippen LogP contribution in [0.15, 0.2) is 53.2 Å². The lowest BCUT2D eigenvalue weighted by molar-refractivity contribution is -0.123. The molecule has 0 aromatic carbocycles. The van der Waals surface area contributed by atoms with Gasteiger partial charge >= 0.3 is 6.18 Å². The summed E-state index contributed by atoms with van der Waals surface area (Å²) in [5.74, 6) is -0.786. The van der Waals surface area contributed by atoms with Gasteiger partial charge in [0.25, 0.3) is 11.5 Å². The van der Waals surface area contributed by atoms with Crippen LogP contribution in [0.3, 0.4) is 0 Å². The Hall–Kier alpha value is -3.51. The molecule has 0 spiro atoms. The number of alkyl halides is 3. The van der Waals surface area contributed by atoms with Crippen molar-refractivity contribution < 1.29 is 18.0 Å².